The Morgan fingerprint density at radius 3 is 2.85 bits per heavy atom. The van der Waals surface area contributed by atoms with Crippen LogP contribution in [0.4, 0.5) is 0 Å². The molecule has 3 heterocycles. The molecular weight excluding hydrogens is 322 g/mol. The lowest BCUT2D eigenvalue weighted by atomic mass is 9.91. The van der Waals surface area contributed by atoms with Crippen molar-refractivity contribution in [1.82, 2.24) is 24.2 Å². The summed E-state index contributed by atoms with van der Waals surface area (Å²) in [7, 11) is 6.42. The zero-order chi connectivity index (χ0) is 18.1. The molecule has 0 bridgehead atoms. The van der Waals surface area contributed by atoms with Crippen molar-refractivity contribution in [3.05, 3.63) is 65.4 Å². The van der Waals surface area contributed by atoms with E-state index in [1.54, 1.807) is 0 Å². The first-order chi connectivity index (χ1) is 12.6. The van der Waals surface area contributed by atoms with Crippen LogP contribution in [0.25, 0.3) is 5.65 Å². The average molecular weight is 349 g/mol. The maximum atomic E-state index is 4.93. The summed E-state index contributed by atoms with van der Waals surface area (Å²) in [6.07, 6.45) is 7.57. The smallest absolute Gasteiger partial charge is 0.137 e. The third kappa shape index (κ3) is 3.24. The molecule has 1 aliphatic carbocycles. The molecule has 0 saturated carbocycles. The van der Waals surface area contributed by atoms with E-state index in [0.29, 0.717) is 6.04 Å². The van der Waals surface area contributed by atoms with Crippen LogP contribution in [0.3, 0.4) is 0 Å². The highest BCUT2D eigenvalue weighted by Gasteiger charge is 2.26. The highest BCUT2D eigenvalue weighted by atomic mass is 15.2. The Bertz CT molecular complexity index is 898. The molecule has 5 nitrogen and oxygen atoms in total. The van der Waals surface area contributed by atoms with Gasteiger partial charge in [0.15, 0.2) is 0 Å². The van der Waals surface area contributed by atoms with Crippen molar-refractivity contribution in [3.63, 3.8) is 0 Å². The van der Waals surface area contributed by atoms with Crippen LogP contribution in [0.15, 0.2) is 42.7 Å². The molecule has 0 aliphatic heterocycles. The van der Waals surface area contributed by atoms with Gasteiger partial charge in [-0.1, -0.05) is 12.1 Å². The number of aromatic nitrogens is 3. The van der Waals surface area contributed by atoms with Crippen molar-refractivity contribution >= 4 is 5.65 Å². The second kappa shape index (κ2) is 7.17. The minimum Gasteiger partial charge on any atom is -0.304 e. The molecule has 0 spiro atoms. The maximum absolute atomic E-state index is 4.93. The van der Waals surface area contributed by atoms with E-state index in [1.165, 1.54) is 23.4 Å². The van der Waals surface area contributed by atoms with E-state index in [0.717, 1.165) is 37.3 Å². The molecule has 1 atom stereocenters. The first-order valence-corrected chi connectivity index (χ1v) is 9.37. The molecule has 0 N–H and O–H groups in total. The number of hydrogen-bond acceptors (Lipinski definition) is 4. The van der Waals surface area contributed by atoms with Gasteiger partial charge in [0, 0.05) is 25.5 Å². The standard InChI is InChI=1S/C21H27N5/c1-24(2)15-19-17(23-20-11-4-5-13-26(19)20)14-25(3)18-10-6-8-16-9-7-12-22-21(16)18/h4-5,7,9,11-13,18H,6,8,10,14-15H2,1-3H3/t18-/m0/s1. The molecule has 136 valence electrons. The fourth-order valence-electron chi connectivity index (χ4n) is 4.05. The van der Waals surface area contributed by atoms with Gasteiger partial charge in [-0.15, -0.1) is 0 Å². The molecule has 5 heteroatoms. The molecule has 26 heavy (non-hydrogen) atoms. The van der Waals surface area contributed by atoms with Crippen LogP contribution < -0.4 is 0 Å². The Hall–Kier alpha value is -2.24. The van der Waals surface area contributed by atoms with Gasteiger partial charge < -0.3 is 9.30 Å². The Morgan fingerprint density at radius 1 is 1.12 bits per heavy atom. The van der Waals surface area contributed by atoms with E-state index in [2.05, 4.69) is 71.9 Å². The summed E-state index contributed by atoms with van der Waals surface area (Å²) in [5.41, 5.74) is 6.11. The van der Waals surface area contributed by atoms with Gasteiger partial charge in [0.2, 0.25) is 0 Å². The summed E-state index contributed by atoms with van der Waals surface area (Å²) in [5, 5.41) is 0. The van der Waals surface area contributed by atoms with Gasteiger partial charge in [-0.05, 0) is 64.2 Å². The van der Waals surface area contributed by atoms with Gasteiger partial charge in [0.05, 0.1) is 23.1 Å². The number of imidazole rings is 1. The van der Waals surface area contributed by atoms with Gasteiger partial charge in [0.1, 0.15) is 5.65 Å². The van der Waals surface area contributed by atoms with E-state index in [4.69, 9.17) is 9.97 Å². The van der Waals surface area contributed by atoms with Crippen molar-refractivity contribution in [2.45, 2.75) is 38.4 Å². The van der Waals surface area contributed by atoms with Crippen LogP contribution in [-0.4, -0.2) is 45.3 Å². The van der Waals surface area contributed by atoms with Crippen molar-refractivity contribution in [2.24, 2.45) is 0 Å². The quantitative estimate of drug-likeness (QED) is 0.708. The molecule has 1 aliphatic rings. The summed E-state index contributed by atoms with van der Waals surface area (Å²) in [4.78, 5) is 14.3. The number of aryl methyl sites for hydroxylation is 1. The minimum absolute atomic E-state index is 0.372. The lowest BCUT2D eigenvalue weighted by molar-refractivity contribution is 0.205. The summed E-state index contributed by atoms with van der Waals surface area (Å²) < 4.78 is 2.22. The van der Waals surface area contributed by atoms with Crippen molar-refractivity contribution < 1.29 is 0 Å². The second-order valence-corrected chi connectivity index (χ2v) is 7.54. The monoisotopic (exact) mass is 349 g/mol. The SMILES string of the molecule is CN(C)Cc1c(CN(C)[C@H]2CCCc3cccnc32)nc2ccccn12. The third-order valence-electron chi connectivity index (χ3n) is 5.27. The topological polar surface area (TPSA) is 36.7 Å². The van der Waals surface area contributed by atoms with Crippen LogP contribution in [0.5, 0.6) is 0 Å². The van der Waals surface area contributed by atoms with E-state index < -0.39 is 0 Å². The zero-order valence-electron chi connectivity index (χ0n) is 15.9. The van der Waals surface area contributed by atoms with Gasteiger partial charge >= 0.3 is 0 Å². The Balaban J connectivity index is 1.65. The molecule has 0 fully saturated rings. The molecular formula is C21H27N5. The molecule has 0 radical (unpaired) electrons. The predicted molar refractivity (Wildman–Crippen MR) is 104 cm³/mol. The van der Waals surface area contributed by atoms with Crippen molar-refractivity contribution in [2.75, 3.05) is 21.1 Å². The van der Waals surface area contributed by atoms with E-state index in [-0.39, 0.29) is 0 Å². The minimum atomic E-state index is 0.372. The van der Waals surface area contributed by atoms with Crippen LogP contribution in [0.1, 0.15) is 41.5 Å². The summed E-state index contributed by atoms with van der Waals surface area (Å²) >= 11 is 0. The third-order valence-corrected chi connectivity index (χ3v) is 5.27. The Labute approximate surface area is 155 Å². The van der Waals surface area contributed by atoms with Gasteiger partial charge in [-0.3, -0.25) is 9.88 Å². The molecule has 0 saturated heterocycles. The number of rotatable bonds is 5. The van der Waals surface area contributed by atoms with E-state index in [9.17, 15) is 0 Å². The number of hydrogen-bond donors (Lipinski definition) is 0. The molecule has 3 aromatic heterocycles. The lowest BCUT2D eigenvalue weighted by Gasteiger charge is -2.32. The van der Waals surface area contributed by atoms with Gasteiger partial charge in [-0.25, -0.2) is 4.98 Å². The molecule has 0 aromatic carbocycles. The van der Waals surface area contributed by atoms with Gasteiger partial charge in [0.25, 0.3) is 0 Å². The van der Waals surface area contributed by atoms with Crippen LogP contribution in [0.2, 0.25) is 0 Å². The number of nitrogens with zero attached hydrogens (tertiary/aromatic N) is 5. The second-order valence-electron chi connectivity index (χ2n) is 7.54. The average Bonchev–Trinajstić information content (AvgIpc) is 2.98. The normalized spacial score (nSPS) is 17.2. The number of fused-ring (bicyclic) bond motifs is 2. The molecule has 4 rings (SSSR count). The maximum Gasteiger partial charge on any atom is 0.137 e. The van der Waals surface area contributed by atoms with Crippen molar-refractivity contribution in [3.8, 4) is 0 Å². The van der Waals surface area contributed by atoms with Crippen molar-refractivity contribution in [1.29, 1.82) is 0 Å². The lowest BCUT2D eigenvalue weighted by Crippen LogP contribution is -2.29. The zero-order valence-corrected chi connectivity index (χ0v) is 15.9. The van der Waals surface area contributed by atoms with Gasteiger partial charge in [-0.2, -0.15) is 0 Å². The largest absolute Gasteiger partial charge is 0.304 e. The fourth-order valence-corrected chi connectivity index (χ4v) is 4.05. The summed E-state index contributed by atoms with van der Waals surface area (Å²) in [6.45, 7) is 1.72. The Kier molecular flexibility index (Phi) is 4.74. The fraction of sp³-hybridized carbons (Fsp3) is 0.429. The summed E-state index contributed by atoms with van der Waals surface area (Å²) in [5.74, 6) is 0. The molecule has 0 amide bonds. The predicted octanol–water partition coefficient (Wildman–Crippen LogP) is 3.30. The highest BCUT2D eigenvalue weighted by Crippen LogP contribution is 2.33. The van der Waals surface area contributed by atoms with E-state index in [1.807, 2.05) is 6.20 Å². The van der Waals surface area contributed by atoms with Crippen LogP contribution >= 0.6 is 0 Å². The van der Waals surface area contributed by atoms with Crippen LogP contribution in [0, 0.1) is 0 Å². The van der Waals surface area contributed by atoms with E-state index >= 15 is 0 Å². The first kappa shape index (κ1) is 17.2. The molecule has 0 unspecified atom stereocenters. The summed E-state index contributed by atoms with van der Waals surface area (Å²) in [6, 6.07) is 10.9. The molecule has 3 aromatic rings. The first-order valence-electron chi connectivity index (χ1n) is 9.37. The van der Waals surface area contributed by atoms with Crippen LogP contribution in [-0.2, 0) is 19.5 Å². The highest BCUT2D eigenvalue weighted by molar-refractivity contribution is 5.43. The number of pyridine rings is 2. The Morgan fingerprint density at radius 2 is 2.00 bits per heavy atom.